The molecule has 2 heteroatoms. The van der Waals surface area contributed by atoms with Crippen LogP contribution in [0.5, 0.6) is 5.75 Å². The van der Waals surface area contributed by atoms with Crippen molar-refractivity contribution in [2.45, 2.75) is 52.6 Å². The van der Waals surface area contributed by atoms with Crippen molar-refractivity contribution in [1.82, 2.24) is 0 Å². The molecule has 0 bridgehead atoms. The fourth-order valence-electron chi connectivity index (χ4n) is 2.27. The number of hydrogen-bond donors (Lipinski definition) is 1. The summed E-state index contributed by atoms with van der Waals surface area (Å²) in [5.41, 5.74) is 3.66. The first-order valence-electron chi connectivity index (χ1n) is 6.37. The molecule has 0 aliphatic heterocycles. The van der Waals surface area contributed by atoms with Gasteiger partial charge >= 0.3 is 0 Å². The quantitative estimate of drug-likeness (QED) is 0.850. The minimum atomic E-state index is -0.339. The van der Waals surface area contributed by atoms with Crippen LogP contribution in [-0.2, 0) is 12.8 Å². The molecule has 17 heavy (non-hydrogen) atoms. The van der Waals surface area contributed by atoms with Gasteiger partial charge in [-0.1, -0.05) is 32.9 Å². The summed E-state index contributed by atoms with van der Waals surface area (Å²) in [7, 11) is 1.71. The number of aliphatic hydroxyl groups excluding tert-OH is 1. The van der Waals surface area contributed by atoms with Crippen LogP contribution in [0.4, 0.5) is 0 Å². The first kappa shape index (κ1) is 14.0. The number of hydrogen-bond acceptors (Lipinski definition) is 2. The Bertz CT molecular complexity index is 367. The summed E-state index contributed by atoms with van der Waals surface area (Å²) in [6, 6.07) is 4.31. The SMILES string of the molecule is CCc1ccc(C(C)C)c(CC(C)O)c1OC. The molecule has 0 heterocycles. The van der Waals surface area contributed by atoms with Crippen LogP contribution in [0.15, 0.2) is 12.1 Å². The largest absolute Gasteiger partial charge is 0.496 e. The van der Waals surface area contributed by atoms with Gasteiger partial charge in [0.2, 0.25) is 0 Å². The van der Waals surface area contributed by atoms with E-state index in [1.807, 2.05) is 6.92 Å². The van der Waals surface area contributed by atoms with E-state index in [-0.39, 0.29) is 6.10 Å². The van der Waals surface area contributed by atoms with E-state index >= 15 is 0 Å². The van der Waals surface area contributed by atoms with Crippen LogP contribution < -0.4 is 4.74 Å². The van der Waals surface area contributed by atoms with Crippen LogP contribution in [-0.4, -0.2) is 18.3 Å². The van der Waals surface area contributed by atoms with E-state index in [4.69, 9.17) is 4.74 Å². The molecule has 0 saturated heterocycles. The fourth-order valence-corrected chi connectivity index (χ4v) is 2.27. The second-order valence-electron chi connectivity index (χ2n) is 4.89. The molecule has 0 spiro atoms. The molecule has 0 aromatic heterocycles. The maximum atomic E-state index is 9.64. The van der Waals surface area contributed by atoms with E-state index in [1.54, 1.807) is 7.11 Å². The zero-order chi connectivity index (χ0) is 13.0. The summed E-state index contributed by atoms with van der Waals surface area (Å²) in [5, 5.41) is 9.64. The molecule has 0 fully saturated rings. The summed E-state index contributed by atoms with van der Waals surface area (Å²) in [6.45, 7) is 8.29. The van der Waals surface area contributed by atoms with Crippen LogP contribution in [0.1, 0.15) is 50.3 Å². The third kappa shape index (κ3) is 3.22. The Kier molecular flexibility index (Phi) is 5.01. The van der Waals surface area contributed by atoms with E-state index in [2.05, 4.69) is 32.9 Å². The van der Waals surface area contributed by atoms with Gasteiger partial charge < -0.3 is 9.84 Å². The molecule has 0 aliphatic carbocycles. The number of benzene rings is 1. The van der Waals surface area contributed by atoms with E-state index in [0.717, 1.165) is 17.7 Å². The molecule has 0 aliphatic rings. The van der Waals surface area contributed by atoms with Crippen LogP contribution in [0.2, 0.25) is 0 Å². The molecule has 1 aromatic rings. The molecule has 0 amide bonds. The minimum Gasteiger partial charge on any atom is -0.496 e. The van der Waals surface area contributed by atoms with Crippen molar-refractivity contribution in [2.75, 3.05) is 7.11 Å². The molecule has 2 nitrogen and oxygen atoms in total. The summed E-state index contributed by atoms with van der Waals surface area (Å²) in [5.74, 6) is 1.41. The Hall–Kier alpha value is -1.02. The molecule has 1 rings (SSSR count). The van der Waals surface area contributed by atoms with Gasteiger partial charge in [0.25, 0.3) is 0 Å². The van der Waals surface area contributed by atoms with Crippen molar-refractivity contribution in [1.29, 1.82) is 0 Å². The number of methoxy groups -OCH3 is 1. The first-order valence-corrected chi connectivity index (χ1v) is 6.37. The molecule has 1 aromatic carbocycles. The van der Waals surface area contributed by atoms with Crippen LogP contribution >= 0.6 is 0 Å². The lowest BCUT2D eigenvalue weighted by Crippen LogP contribution is -2.10. The van der Waals surface area contributed by atoms with Crippen molar-refractivity contribution >= 4 is 0 Å². The van der Waals surface area contributed by atoms with Crippen molar-refractivity contribution in [3.8, 4) is 5.75 Å². The summed E-state index contributed by atoms with van der Waals surface area (Å²) >= 11 is 0. The van der Waals surface area contributed by atoms with E-state index < -0.39 is 0 Å². The molecule has 0 saturated carbocycles. The summed E-state index contributed by atoms with van der Waals surface area (Å²) in [4.78, 5) is 0. The fraction of sp³-hybridized carbons (Fsp3) is 0.600. The Morgan fingerprint density at radius 2 is 1.88 bits per heavy atom. The van der Waals surface area contributed by atoms with Gasteiger partial charge in [-0.2, -0.15) is 0 Å². The summed E-state index contributed by atoms with van der Waals surface area (Å²) < 4.78 is 5.55. The molecule has 96 valence electrons. The van der Waals surface area contributed by atoms with Gasteiger partial charge in [0.1, 0.15) is 5.75 Å². The third-order valence-electron chi connectivity index (χ3n) is 3.08. The van der Waals surface area contributed by atoms with Gasteiger partial charge in [-0.15, -0.1) is 0 Å². The number of aryl methyl sites for hydroxylation is 1. The summed E-state index contributed by atoms with van der Waals surface area (Å²) in [6.07, 6.45) is 1.27. The van der Waals surface area contributed by atoms with Gasteiger partial charge in [0.15, 0.2) is 0 Å². The zero-order valence-electron chi connectivity index (χ0n) is 11.6. The Morgan fingerprint density at radius 3 is 2.29 bits per heavy atom. The highest BCUT2D eigenvalue weighted by atomic mass is 16.5. The molecule has 1 atom stereocenters. The second kappa shape index (κ2) is 6.06. The normalized spacial score (nSPS) is 12.9. The molecular formula is C15H24O2. The predicted octanol–water partition coefficient (Wildman–Crippen LogP) is 3.30. The van der Waals surface area contributed by atoms with E-state index in [1.165, 1.54) is 11.1 Å². The van der Waals surface area contributed by atoms with Crippen molar-refractivity contribution in [3.05, 3.63) is 28.8 Å². The van der Waals surface area contributed by atoms with Crippen molar-refractivity contribution in [2.24, 2.45) is 0 Å². The average Bonchev–Trinajstić information content (AvgIpc) is 2.27. The average molecular weight is 236 g/mol. The van der Waals surface area contributed by atoms with Gasteiger partial charge in [-0.3, -0.25) is 0 Å². The maximum Gasteiger partial charge on any atom is 0.125 e. The first-order chi connectivity index (χ1) is 8.01. The third-order valence-corrected chi connectivity index (χ3v) is 3.08. The van der Waals surface area contributed by atoms with Crippen LogP contribution in [0.25, 0.3) is 0 Å². The van der Waals surface area contributed by atoms with Gasteiger partial charge in [0, 0.05) is 12.0 Å². The van der Waals surface area contributed by atoms with Gasteiger partial charge in [-0.05, 0) is 30.4 Å². The smallest absolute Gasteiger partial charge is 0.125 e. The zero-order valence-corrected chi connectivity index (χ0v) is 11.6. The van der Waals surface area contributed by atoms with Gasteiger partial charge in [-0.25, -0.2) is 0 Å². The highest BCUT2D eigenvalue weighted by molar-refractivity contribution is 5.48. The maximum absolute atomic E-state index is 9.64. The number of aliphatic hydroxyl groups is 1. The monoisotopic (exact) mass is 236 g/mol. The van der Waals surface area contributed by atoms with Crippen molar-refractivity contribution in [3.63, 3.8) is 0 Å². The lowest BCUT2D eigenvalue weighted by atomic mass is 9.90. The van der Waals surface area contributed by atoms with Crippen LogP contribution in [0.3, 0.4) is 0 Å². The lowest BCUT2D eigenvalue weighted by Gasteiger charge is -2.20. The number of rotatable bonds is 5. The Morgan fingerprint density at radius 1 is 1.24 bits per heavy atom. The highest BCUT2D eigenvalue weighted by Gasteiger charge is 2.16. The minimum absolute atomic E-state index is 0.339. The van der Waals surface area contributed by atoms with E-state index in [0.29, 0.717) is 12.3 Å². The Balaban J connectivity index is 3.33. The molecular weight excluding hydrogens is 212 g/mol. The van der Waals surface area contributed by atoms with Gasteiger partial charge in [0.05, 0.1) is 13.2 Å². The number of ether oxygens (including phenoxy) is 1. The molecule has 1 N–H and O–H groups in total. The highest BCUT2D eigenvalue weighted by Crippen LogP contribution is 2.32. The topological polar surface area (TPSA) is 29.5 Å². The second-order valence-corrected chi connectivity index (χ2v) is 4.89. The standard InChI is InChI=1S/C15H24O2/c1-6-12-7-8-13(10(2)3)14(9-11(4)16)15(12)17-5/h7-8,10-11,16H,6,9H2,1-5H3. The molecule has 0 radical (unpaired) electrons. The van der Waals surface area contributed by atoms with Crippen LogP contribution in [0, 0.1) is 0 Å². The lowest BCUT2D eigenvalue weighted by molar-refractivity contribution is 0.193. The Labute approximate surface area is 105 Å². The van der Waals surface area contributed by atoms with E-state index in [9.17, 15) is 5.11 Å². The van der Waals surface area contributed by atoms with Crippen molar-refractivity contribution < 1.29 is 9.84 Å². The molecule has 1 unspecified atom stereocenters. The predicted molar refractivity (Wildman–Crippen MR) is 71.8 cm³/mol.